The second-order valence-corrected chi connectivity index (χ2v) is 4.72. The fourth-order valence-electron chi connectivity index (χ4n) is 2.53. The van der Waals surface area contributed by atoms with Crippen molar-refractivity contribution >= 4 is 11.7 Å². The zero-order valence-corrected chi connectivity index (χ0v) is 10.9. The first-order chi connectivity index (χ1) is 9.26. The average molecular weight is 264 g/mol. The third kappa shape index (κ3) is 3.14. The first kappa shape index (κ1) is 13.6. The zero-order valence-electron chi connectivity index (χ0n) is 10.9. The molecule has 0 spiro atoms. The second kappa shape index (κ2) is 6.38. The third-order valence-electron chi connectivity index (χ3n) is 3.49. The van der Waals surface area contributed by atoms with Crippen LogP contribution in [0, 0.1) is 0 Å². The molecule has 0 aromatic carbocycles. The van der Waals surface area contributed by atoms with Gasteiger partial charge in [0.1, 0.15) is 11.5 Å². The van der Waals surface area contributed by atoms with Gasteiger partial charge in [-0.2, -0.15) is 0 Å². The SMILES string of the molecule is NC(=NO)c1cccc(N2CCCCC2CCO)n1. The number of rotatable bonds is 4. The van der Waals surface area contributed by atoms with E-state index in [0.29, 0.717) is 11.7 Å². The summed E-state index contributed by atoms with van der Waals surface area (Å²) in [5.74, 6) is 0.833. The maximum absolute atomic E-state index is 9.14. The van der Waals surface area contributed by atoms with Gasteiger partial charge in [0.25, 0.3) is 0 Å². The Bertz CT molecular complexity index is 448. The van der Waals surface area contributed by atoms with Crippen LogP contribution in [0.15, 0.2) is 23.4 Å². The number of piperidine rings is 1. The number of hydrogen-bond donors (Lipinski definition) is 3. The summed E-state index contributed by atoms with van der Waals surface area (Å²) >= 11 is 0. The van der Waals surface area contributed by atoms with E-state index in [-0.39, 0.29) is 12.4 Å². The second-order valence-electron chi connectivity index (χ2n) is 4.72. The molecule has 1 fully saturated rings. The van der Waals surface area contributed by atoms with Gasteiger partial charge in [0.05, 0.1) is 0 Å². The first-order valence-corrected chi connectivity index (χ1v) is 6.58. The Morgan fingerprint density at radius 1 is 1.47 bits per heavy atom. The number of nitrogens with zero attached hydrogens (tertiary/aromatic N) is 3. The largest absolute Gasteiger partial charge is 0.409 e. The molecular formula is C13H20N4O2. The molecule has 104 valence electrons. The van der Waals surface area contributed by atoms with Crippen LogP contribution in [0.2, 0.25) is 0 Å². The number of pyridine rings is 1. The molecule has 1 unspecified atom stereocenters. The smallest absolute Gasteiger partial charge is 0.188 e. The summed E-state index contributed by atoms with van der Waals surface area (Å²) in [5.41, 5.74) is 6.03. The van der Waals surface area contributed by atoms with Crippen molar-refractivity contribution < 1.29 is 10.3 Å². The van der Waals surface area contributed by atoms with Gasteiger partial charge in [-0.3, -0.25) is 0 Å². The van der Waals surface area contributed by atoms with Crippen LogP contribution in [0.5, 0.6) is 0 Å². The molecule has 2 rings (SSSR count). The van der Waals surface area contributed by atoms with Gasteiger partial charge in [0, 0.05) is 19.2 Å². The van der Waals surface area contributed by atoms with Gasteiger partial charge in [-0.05, 0) is 37.8 Å². The summed E-state index contributed by atoms with van der Waals surface area (Å²) in [4.78, 5) is 6.63. The quantitative estimate of drug-likeness (QED) is 0.325. The monoisotopic (exact) mass is 264 g/mol. The lowest BCUT2D eigenvalue weighted by atomic mass is 9.99. The summed E-state index contributed by atoms with van der Waals surface area (Å²) in [5, 5.41) is 20.8. The molecule has 1 aliphatic heterocycles. The summed E-state index contributed by atoms with van der Waals surface area (Å²) < 4.78 is 0. The number of hydrogen-bond acceptors (Lipinski definition) is 5. The van der Waals surface area contributed by atoms with Gasteiger partial charge in [0.15, 0.2) is 5.84 Å². The fraction of sp³-hybridized carbons (Fsp3) is 0.538. The van der Waals surface area contributed by atoms with Crippen LogP contribution in [0.3, 0.4) is 0 Å². The van der Waals surface area contributed by atoms with E-state index in [0.717, 1.165) is 31.6 Å². The highest BCUT2D eigenvalue weighted by Crippen LogP contribution is 2.25. The van der Waals surface area contributed by atoms with Crippen LogP contribution in [0.1, 0.15) is 31.4 Å². The number of aliphatic hydroxyl groups is 1. The summed E-state index contributed by atoms with van der Waals surface area (Å²) in [7, 11) is 0. The van der Waals surface area contributed by atoms with Crippen molar-refractivity contribution in [3.8, 4) is 0 Å². The standard InChI is InChI=1S/C13H20N4O2/c14-13(16-19)11-5-3-6-12(15-11)17-8-2-1-4-10(17)7-9-18/h3,5-6,10,18-19H,1-2,4,7-9H2,(H2,14,16). The minimum atomic E-state index is 0.0116. The molecule has 0 amide bonds. The Morgan fingerprint density at radius 3 is 3.05 bits per heavy atom. The van der Waals surface area contributed by atoms with Crippen molar-refractivity contribution in [1.82, 2.24) is 4.98 Å². The highest BCUT2D eigenvalue weighted by atomic mass is 16.4. The van der Waals surface area contributed by atoms with Gasteiger partial charge >= 0.3 is 0 Å². The number of oxime groups is 1. The van der Waals surface area contributed by atoms with E-state index >= 15 is 0 Å². The maximum Gasteiger partial charge on any atom is 0.188 e. The maximum atomic E-state index is 9.14. The Morgan fingerprint density at radius 2 is 2.32 bits per heavy atom. The van der Waals surface area contributed by atoms with Crippen molar-refractivity contribution in [3.63, 3.8) is 0 Å². The highest BCUT2D eigenvalue weighted by molar-refractivity contribution is 5.95. The van der Waals surface area contributed by atoms with Crippen molar-refractivity contribution in [3.05, 3.63) is 23.9 Å². The number of aromatic nitrogens is 1. The minimum absolute atomic E-state index is 0.0116. The molecule has 0 bridgehead atoms. The molecule has 1 aromatic heterocycles. The molecule has 6 heteroatoms. The molecule has 19 heavy (non-hydrogen) atoms. The molecule has 0 radical (unpaired) electrons. The van der Waals surface area contributed by atoms with Gasteiger partial charge in [-0.1, -0.05) is 11.2 Å². The minimum Gasteiger partial charge on any atom is -0.409 e. The lowest BCUT2D eigenvalue weighted by molar-refractivity contribution is 0.262. The topological polar surface area (TPSA) is 95.0 Å². The Balaban J connectivity index is 2.23. The number of anilines is 1. The van der Waals surface area contributed by atoms with Gasteiger partial charge in [-0.15, -0.1) is 0 Å². The third-order valence-corrected chi connectivity index (χ3v) is 3.49. The van der Waals surface area contributed by atoms with Crippen molar-refractivity contribution in [2.24, 2.45) is 10.9 Å². The molecule has 1 saturated heterocycles. The van der Waals surface area contributed by atoms with Crippen LogP contribution < -0.4 is 10.6 Å². The molecule has 0 aliphatic carbocycles. The molecular weight excluding hydrogens is 244 g/mol. The Hall–Kier alpha value is -1.82. The average Bonchev–Trinajstić information content (AvgIpc) is 2.47. The first-order valence-electron chi connectivity index (χ1n) is 6.58. The Kier molecular flexibility index (Phi) is 4.57. The summed E-state index contributed by atoms with van der Waals surface area (Å²) in [6.45, 7) is 1.11. The van der Waals surface area contributed by atoms with Gasteiger partial charge in [-0.25, -0.2) is 4.98 Å². The van der Waals surface area contributed by atoms with E-state index in [4.69, 9.17) is 16.0 Å². The van der Waals surface area contributed by atoms with Crippen molar-refractivity contribution in [2.45, 2.75) is 31.7 Å². The van der Waals surface area contributed by atoms with E-state index < -0.39 is 0 Å². The van der Waals surface area contributed by atoms with Crippen LogP contribution in [-0.4, -0.2) is 40.3 Å². The van der Waals surface area contributed by atoms with Crippen LogP contribution >= 0.6 is 0 Å². The number of nitrogens with two attached hydrogens (primary N) is 1. The fourth-order valence-corrected chi connectivity index (χ4v) is 2.53. The highest BCUT2D eigenvalue weighted by Gasteiger charge is 2.23. The van der Waals surface area contributed by atoms with Crippen LogP contribution in [0.4, 0.5) is 5.82 Å². The van der Waals surface area contributed by atoms with E-state index in [1.807, 2.05) is 12.1 Å². The lowest BCUT2D eigenvalue weighted by Crippen LogP contribution is -2.40. The van der Waals surface area contributed by atoms with E-state index in [1.165, 1.54) is 6.42 Å². The molecule has 1 aromatic rings. The van der Waals surface area contributed by atoms with E-state index in [2.05, 4.69) is 15.0 Å². The zero-order chi connectivity index (χ0) is 13.7. The molecule has 1 aliphatic rings. The summed E-state index contributed by atoms with van der Waals surface area (Å²) in [6.07, 6.45) is 4.12. The van der Waals surface area contributed by atoms with E-state index in [1.54, 1.807) is 6.07 Å². The Labute approximate surface area is 112 Å². The number of amidine groups is 1. The molecule has 1 atom stereocenters. The van der Waals surface area contributed by atoms with Crippen LogP contribution in [-0.2, 0) is 0 Å². The van der Waals surface area contributed by atoms with E-state index in [9.17, 15) is 0 Å². The molecule has 4 N–H and O–H groups in total. The normalized spacial score (nSPS) is 20.6. The van der Waals surface area contributed by atoms with Crippen LogP contribution in [0.25, 0.3) is 0 Å². The molecule has 0 saturated carbocycles. The van der Waals surface area contributed by atoms with Gasteiger partial charge < -0.3 is 20.9 Å². The number of aliphatic hydroxyl groups excluding tert-OH is 1. The van der Waals surface area contributed by atoms with Crippen molar-refractivity contribution in [1.29, 1.82) is 0 Å². The predicted molar refractivity (Wildman–Crippen MR) is 73.4 cm³/mol. The molecule has 2 heterocycles. The van der Waals surface area contributed by atoms with Crippen molar-refractivity contribution in [2.75, 3.05) is 18.1 Å². The van der Waals surface area contributed by atoms with Gasteiger partial charge in [0.2, 0.25) is 0 Å². The lowest BCUT2D eigenvalue weighted by Gasteiger charge is -2.36. The molecule has 6 nitrogen and oxygen atoms in total. The predicted octanol–water partition coefficient (Wildman–Crippen LogP) is 0.917. The summed E-state index contributed by atoms with van der Waals surface area (Å²) in [6, 6.07) is 5.79.